The Morgan fingerprint density at radius 1 is 1.09 bits per heavy atom. The van der Waals surface area contributed by atoms with Gasteiger partial charge < -0.3 is 24.4 Å². The molecular formula is C29H25F5N6O3. The second kappa shape index (κ2) is 9.79. The van der Waals surface area contributed by atoms with Gasteiger partial charge in [-0.25, -0.2) is 18.6 Å². The Bertz CT molecular complexity index is 1820. The number of amides is 3. The van der Waals surface area contributed by atoms with Crippen LogP contribution in [0.3, 0.4) is 0 Å². The maximum atomic E-state index is 14.2. The largest absolute Gasteiger partial charge is 0.416 e. The van der Waals surface area contributed by atoms with Crippen molar-refractivity contribution >= 4 is 39.6 Å². The highest BCUT2D eigenvalue weighted by Gasteiger charge is 2.39. The van der Waals surface area contributed by atoms with Gasteiger partial charge in [0.25, 0.3) is 11.8 Å². The normalized spacial score (nSPS) is 19.2. The Labute approximate surface area is 241 Å². The summed E-state index contributed by atoms with van der Waals surface area (Å²) in [6.45, 7) is -1.59. The Morgan fingerprint density at radius 3 is 2.74 bits per heavy atom. The summed E-state index contributed by atoms with van der Waals surface area (Å²) in [4.78, 5) is 33.3. The van der Waals surface area contributed by atoms with Crippen molar-refractivity contribution in [1.29, 1.82) is 0 Å². The molecule has 7 rings (SSSR count). The van der Waals surface area contributed by atoms with Crippen molar-refractivity contribution in [3.05, 3.63) is 71.3 Å². The Kier molecular flexibility index (Phi) is 6.24. The molecule has 224 valence electrons. The van der Waals surface area contributed by atoms with Crippen molar-refractivity contribution in [2.45, 2.75) is 25.2 Å². The Morgan fingerprint density at radius 2 is 1.93 bits per heavy atom. The number of nitrogens with one attached hydrogen (secondary N) is 1. The molecule has 0 aliphatic carbocycles. The number of carbonyl (C=O) groups is 2. The van der Waals surface area contributed by atoms with Gasteiger partial charge in [-0.15, -0.1) is 0 Å². The summed E-state index contributed by atoms with van der Waals surface area (Å²) in [7, 11) is 0. The van der Waals surface area contributed by atoms with E-state index in [2.05, 4.69) is 10.3 Å². The number of hydrogen-bond acceptors (Lipinski definition) is 4. The van der Waals surface area contributed by atoms with Crippen molar-refractivity contribution < 1.29 is 36.3 Å². The van der Waals surface area contributed by atoms with Crippen molar-refractivity contribution in [3.8, 4) is 0 Å². The molecule has 0 atom stereocenters. The van der Waals surface area contributed by atoms with Crippen molar-refractivity contribution in [1.82, 2.24) is 29.1 Å². The number of pyridine rings is 1. The molecule has 0 unspecified atom stereocenters. The van der Waals surface area contributed by atoms with E-state index in [4.69, 9.17) is 4.74 Å². The molecule has 3 aliphatic rings. The van der Waals surface area contributed by atoms with Crippen molar-refractivity contribution in [2.75, 3.05) is 39.4 Å². The van der Waals surface area contributed by atoms with Crippen molar-refractivity contribution in [3.63, 3.8) is 0 Å². The summed E-state index contributed by atoms with van der Waals surface area (Å²) in [6, 6.07) is 6.76. The number of hydrogen-bond donors (Lipinski definition) is 1. The smallest absolute Gasteiger partial charge is 0.373 e. The highest BCUT2D eigenvalue weighted by molar-refractivity contribution is 6.32. The fourth-order valence-corrected chi connectivity index (χ4v) is 6.17. The molecule has 0 bridgehead atoms. The van der Waals surface area contributed by atoms with E-state index in [1.54, 1.807) is 29.2 Å². The third kappa shape index (κ3) is 4.69. The van der Waals surface area contributed by atoms with Crippen LogP contribution in [-0.2, 0) is 28.8 Å². The minimum absolute atomic E-state index is 0.0608. The molecule has 1 aromatic carbocycles. The lowest BCUT2D eigenvalue weighted by molar-refractivity contribution is -0.137. The van der Waals surface area contributed by atoms with E-state index in [1.165, 1.54) is 4.90 Å². The molecule has 1 saturated heterocycles. The number of nitrogens with zero attached hydrogens (tertiary/aromatic N) is 5. The average Bonchev–Trinajstić information content (AvgIpc) is 3.57. The predicted octanol–water partition coefficient (Wildman–Crippen LogP) is 4.25. The molecule has 0 radical (unpaired) electrons. The van der Waals surface area contributed by atoms with Crippen LogP contribution >= 0.6 is 0 Å². The van der Waals surface area contributed by atoms with E-state index in [1.807, 2.05) is 16.5 Å². The van der Waals surface area contributed by atoms with E-state index in [-0.39, 0.29) is 55.9 Å². The van der Waals surface area contributed by atoms with Crippen LogP contribution in [0, 0.1) is 0 Å². The molecule has 0 saturated carbocycles. The molecule has 9 nitrogen and oxygen atoms in total. The lowest BCUT2D eigenvalue weighted by atomic mass is 9.96. The molecule has 3 aliphatic heterocycles. The van der Waals surface area contributed by atoms with E-state index in [0.29, 0.717) is 28.0 Å². The molecule has 3 amide bonds. The van der Waals surface area contributed by atoms with Crippen LogP contribution in [0.1, 0.15) is 22.4 Å². The first kappa shape index (κ1) is 27.4. The van der Waals surface area contributed by atoms with Crippen LogP contribution in [0.4, 0.5) is 26.7 Å². The van der Waals surface area contributed by atoms with Gasteiger partial charge in [0.2, 0.25) is 0 Å². The number of benzene rings is 1. The van der Waals surface area contributed by atoms with Gasteiger partial charge in [-0.05, 0) is 29.8 Å². The third-order valence-corrected chi connectivity index (χ3v) is 8.08. The van der Waals surface area contributed by atoms with E-state index >= 15 is 0 Å². The molecule has 3 aromatic heterocycles. The summed E-state index contributed by atoms with van der Waals surface area (Å²) in [5.74, 6) is -3.66. The Hall–Kier alpha value is -4.46. The van der Waals surface area contributed by atoms with Gasteiger partial charge in [-0.1, -0.05) is 6.07 Å². The molecular weight excluding hydrogens is 575 g/mol. The number of rotatable bonds is 2. The maximum absolute atomic E-state index is 14.2. The number of carbonyl (C=O) groups excluding carboxylic acids is 2. The summed E-state index contributed by atoms with van der Waals surface area (Å²) in [5, 5.41) is 3.02. The number of urea groups is 1. The van der Waals surface area contributed by atoms with Crippen LogP contribution in [0.2, 0.25) is 0 Å². The summed E-state index contributed by atoms with van der Waals surface area (Å²) in [6.07, 6.45) is 0.344. The van der Waals surface area contributed by atoms with E-state index in [9.17, 15) is 31.5 Å². The average molecular weight is 601 g/mol. The summed E-state index contributed by atoms with van der Waals surface area (Å²) in [5.41, 5.74) is 2.19. The predicted molar refractivity (Wildman–Crippen MR) is 145 cm³/mol. The second-order valence-corrected chi connectivity index (χ2v) is 10.9. The monoisotopic (exact) mass is 600 g/mol. The highest BCUT2D eigenvalue weighted by Crippen LogP contribution is 2.41. The molecule has 1 N–H and O–H groups in total. The molecule has 4 aromatic rings. The lowest BCUT2D eigenvalue weighted by Crippen LogP contribution is -2.48. The number of imidazole rings is 1. The minimum Gasteiger partial charge on any atom is -0.373 e. The number of alkyl halides is 5. The van der Waals surface area contributed by atoms with Gasteiger partial charge >= 0.3 is 12.2 Å². The molecule has 43 heavy (non-hydrogen) atoms. The van der Waals surface area contributed by atoms with Crippen LogP contribution in [0.5, 0.6) is 0 Å². The van der Waals surface area contributed by atoms with Crippen LogP contribution in [0.15, 0.2) is 48.9 Å². The quantitative estimate of drug-likeness (QED) is 0.349. The van der Waals surface area contributed by atoms with Gasteiger partial charge in [0.1, 0.15) is 12.3 Å². The number of aromatic nitrogens is 3. The zero-order valence-corrected chi connectivity index (χ0v) is 22.6. The zero-order chi connectivity index (χ0) is 30.1. The molecule has 14 heteroatoms. The topological polar surface area (TPSA) is 84.1 Å². The van der Waals surface area contributed by atoms with Gasteiger partial charge in [-0.3, -0.25) is 9.20 Å². The molecule has 1 fully saturated rings. The first-order valence-electron chi connectivity index (χ1n) is 13.7. The summed E-state index contributed by atoms with van der Waals surface area (Å²) < 4.78 is 79.5. The van der Waals surface area contributed by atoms with Gasteiger partial charge in [-0.2, -0.15) is 13.2 Å². The highest BCUT2D eigenvalue weighted by atomic mass is 19.4. The van der Waals surface area contributed by atoms with Crippen LogP contribution < -0.4 is 5.32 Å². The van der Waals surface area contributed by atoms with Gasteiger partial charge in [0, 0.05) is 61.6 Å². The lowest BCUT2D eigenvalue weighted by Gasteiger charge is -2.30. The van der Waals surface area contributed by atoms with Gasteiger partial charge in [0.15, 0.2) is 0 Å². The maximum Gasteiger partial charge on any atom is 0.416 e. The molecule has 6 heterocycles. The second-order valence-electron chi connectivity index (χ2n) is 10.9. The zero-order valence-electron chi connectivity index (χ0n) is 22.6. The third-order valence-electron chi connectivity index (χ3n) is 8.08. The van der Waals surface area contributed by atoms with Crippen molar-refractivity contribution in [2.24, 2.45) is 0 Å². The minimum atomic E-state index is -4.72. The fraction of sp³-hybridized carbons (Fsp3) is 0.345. The fourth-order valence-electron chi connectivity index (χ4n) is 6.17. The van der Waals surface area contributed by atoms with Gasteiger partial charge in [0.05, 0.1) is 41.7 Å². The van der Waals surface area contributed by atoms with Crippen LogP contribution in [-0.4, -0.2) is 81.0 Å². The number of fused-ring (bicyclic) bond motifs is 1. The summed E-state index contributed by atoms with van der Waals surface area (Å²) >= 11 is 0. The first-order chi connectivity index (χ1) is 20.5. The van der Waals surface area contributed by atoms with E-state index < -0.39 is 42.8 Å². The Balaban J connectivity index is 1.35. The van der Waals surface area contributed by atoms with Crippen LogP contribution in [0.25, 0.3) is 27.7 Å². The number of halogens is 5. The standard InChI is InChI=1S/C29H25F5N6O3/c30-28(31)15-39(7-8-43-16-28)27(42)38-6-5-37-14-21(19-10-18(29(32,33)34)9-17(13-38)25(19)37)24-20(11-36-26(24)41)22-12-35-23-3-1-2-4-40(22)23/h1-4,9-10,12,14H,5-8,11,13,15-16H2,(H,36,41). The SMILES string of the molecule is O=C1NCC(c2cnc3ccccn23)=C1c1cn2c3c(cc(C(F)(F)F)cc13)CN(C(=O)N1CCOCC(F)(F)C1)CC2. The number of ether oxygens (including phenoxy) is 1. The first-order valence-corrected chi connectivity index (χ1v) is 13.7. The molecule has 0 spiro atoms. The van der Waals surface area contributed by atoms with E-state index in [0.717, 1.165) is 17.0 Å².